The van der Waals surface area contributed by atoms with Crippen LogP contribution in [0.3, 0.4) is 0 Å². The number of anilines is 1. The van der Waals surface area contributed by atoms with Crippen molar-refractivity contribution in [3.05, 3.63) is 35.5 Å². The van der Waals surface area contributed by atoms with Gasteiger partial charge in [0.2, 0.25) is 5.91 Å². The fourth-order valence-corrected chi connectivity index (χ4v) is 3.96. The lowest BCUT2D eigenvalue weighted by atomic mass is 10.0. The lowest BCUT2D eigenvalue weighted by Gasteiger charge is -2.20. The van der Waals surface area contributed by atoms with Crippen LogP contribution < -0.4 is 16.0 Å². The maximum atomic E-state index is 12.2. The zero-order valence-corrected chi connectivity index (χ0v) is 18.6. The van der Waals surface area contributed by atoms with Crippen molar-refractivity contribution >= 4 is 34.2 Å². The summed E-state index contributed by atoms with van der Waals surface area (Å²) >= 11 is 1.37. The Kier molecular flexibility index (Phi) is 6.55. The molecule has 0 radical (unpaired) electrons. The minimum atomic E-state index is -0.399. The van der Waals surface area contributed by atoms with Crippen molar-refractivity contribution in [2.45, 2.75) is 52.5 Å². The molecule has 3 amide bonds. The Bertz CT molecular complexity index is 940. The quantitative estimate of drug-likeness (QED) is 0.577. The number of rotatable bonds is 7. The number of urea groups is 1. The highest BCUT2D eigenvalue weighted by Crippen LogP contribution is 2.35. The van der Waals surface area contributed by atoms with Crippen molar-refractivity contribution in [1.82, 2.24) is 15.6 Å². The van der Waals surface area contributed by atoms with E-state index in [1.165, 1.54) is 11.3 Å². The van der Waals surface area contributed by atoms with Gasteiger partial charge in [-0.25, -0.2) is 9.78 Å². The summed E-state index contributed by atoms with van der Waals surface area (Å²) in [5.74, 6) is 0.312. The third-order valence-electron chi connectivity index (χ3n) is 4.55. The SMILES string of the molecule is Cc1nc(NC(=O)NCCC(=O)NC(C)(C)C)sc1-c1ccc(C(=O)C2CC2)cc1. The summed E-state index contributed by atoms with van der Waals surface area (Å²) in [6.45, 7) is 7.85. The second kappa shape index (κ2) is 8.95. The van der Waals surface area contributed by atoms with Crippen LogP contribution in [0.1, 0.15) is 56.1 Å². The number of nitrogens with zero attached hydrogens (tertiary/aromatic N) is 1. The van der Waals surface area contributed by atoms with E-state index in [0.29, 0.717) is 5.13 Å². The smallest absolute Gasteiger partial charge is 0.321 e. The number of carbonyl (C=O) groups excluding carboxylic acids is 3. The van der Waals surface area contributed by atoms with Gasteiger partial charge in [-0.15, -0.1) is 0 Å². The largest absolute Gasteiger partial charge is 0.351 e. The van der Waals surface area contributed by atoms with Crippen LogP contribution in [0.4, 0.5) is 9.93 Å². The van der Waals surface area contributed by atoms with Crippen LogP contribution in [0.25, 0.3) is 10.4 Å². The minimum absolute atomic E-state index is 0.112. The first-order valence-electron chi connectivity index (χ1n) is 10.1. The minimum Gasteiger partial charge on any atom is -0.351 e. The van der Waals surface area contributed by atoms with Crippen molar-refractivity contribution in [2.24, 2.45) is 5.92 Å². The molecule has 0 bridgehead atoms. The van der Waals surface area contributed by atoms with Gasteiger partial charge in [-0.2, -0.15) is 0 Å². The van der Waals surface area contributed by atoms with Crippen LogP contribution in [-0.4, -0.2) is 34.8 Å². The molecule has 160 valence electrons. The average Bonchev–Trinajstić information content (AvgIpc) is 3.43. The summed E-state index contributed by atoms with van der Waals surface area (Å²) in [6, 6.07) is 7.17. The van der Waals surface area contributed by atoms with Crippen LogP contribution >= 0.6 is 11.3 Å². The molecular weight excluding hydrogens is 400 g/mol. The molecule has 7 nitrogen and oxygen atoms in total. The van der Waals surface area contributed by atoms with Crippen LogP contribution in [0.2, 0.25) is 0 Å². The molecule has 0 aliphatic heterocycles. The van der Waals surface area contributed by atoms with E-state index in [1.807, 2.05) is 52.0 Å². The summed E-state index contributed by atoms with van der Waals surface area (Å²) in [4.78, 5) is 41.4. The van der Waals surface area contributed by atoms with E-state index in [2.05, 4.69) is 20.9 Å². The van der Waals surface area contributed by atoms with Gasteiger partial charge in [0, 0.05) is 30.0 Å². The highest BCUT2D eigenvalue weighted by molar-refractivity contribution is 7.19. The van der Waals surface area contributed by atoms with E-state index in [9.17, 15) is 14.4 Å². The van der Waals surface area contributed by atoms with Gasteiger partial charge in [-0.3, -0.25) is 14.9 Å². The Labute approximate surface area is 180 Å². The predicted octanol–water partition coefficient (Wildman–Crippen LogP) is 4.14. The first kappa shape index (κ1) is 22.0. The van der Waals surface area contributed by atoms with Gasteiger partial charge in [-0.05, 0) is 46.1 Å². The zero-order chi connectivity index (χ0) is 21.9. The van der Waals surface area contributed by atoms with Crippen LogP contribution in [-0.2, 0) is 4.79 Å². The number of ketones is 1. The number of carbonyl (C=O) groups is 3. The van der Waals surface area contributed by atoms with Crippen molar-refractivity contribution in [3.8, 4) is 10.4 Å². The molecule has 1 fully saturated rings. The molecule has 0 unspecified atom stereocenters. The normalized spacial score (nSPS) is 13.6. The Morgan fingerprint density at radius 3 is 2.40 bits per heavy atom. The third-order valence-corrected chi connectivity index (χ3v) is 5.67. The fraction of sp³-hybridized carbons (Fsp3) is 0.455. The number of aryl methyl sites for hydroxylation is 1. The topological polar surface area (TPSA) is 100 Å². The van der Waals surface area contributed by atoms with Gasteiger partial charge >= 0.3 is 6.03 Å². The summed E-state index contributed by atoms with van der Waals surface area (Å²) in [5.41, 5.74) is 2.22. The lowest BCUT2D eigenvalue weighted by Crippen LogP contribution is -2.42. The predicted molar refractivity (Wildman–Crippen MR) is 119 cm³/mol. The maximum absolute atomic E-state index is 12.2. The van der Waals surface area contributed by atoms with Crippen LogP contribution in [0.5, 0.6) is 0 Å². The van der Waals surface area contributed by atoms with Gasteiger partial charge in [-0.1, -0.05) is 35.6 Å². The number of aromatic nitrogens is 1. The van der Waals surface area contributed by atoms with E-state index < -0.39 is 6.03 Å². The first-order chi connectivity index (χ1) is 14.1. The number of hydrogen-bond acceptors (Lipinski definition) is 5. The highest BCUT2D eigenvalue weighted by atomic mass is 32.1. The third kappa shape index (κ3) is 6.13. The molecule has 1 aromatic heterocycles. The second-order valence-corrected chi connectivity index (χ2v) is 9.58. The molecule has 2 aromatic rings. The van der Waals surface area contributed by atoms with E-state index in [0.717, 1.165) is 34.5 Å². The number of amides is 3. The fourth-order valence-electron chi connectivity index (χ4n) is 3.00. The molecule has 0 spiro atoms. The number of hydrogen-bond donors (Lipinski definition) is 3. The molecule has 1 heterocycles. The van der Waals surface area contributed by atoms with Crippen molar-refractivity contribution in [1.29, 1.82) is 0 Å². The molecule has 3 N–H and O–H groups in total. The Balaban J connectivity index is 1.53. The van der Waals surface area contributed by atoms with E-state index in [1.54, 1.807) is 0 Å². The number of nitrogens with one attached hydrogen (secondary N) is 3. The van der Waals surface area contributed by atoms with Gasteiger partial charge in [0.1, 0.15) is 0 Å². The average molecular weight is 429 g/mol. The molecule has 1 aliphatic rings. The van der Waals surface area contributed by atoms with E-state index in [4.69, 9.17) is 0 Å². The van der Waals surface area contributed by atoms with Crippen LogP contribution in [0, 0.1) is 12.8 Å². The summed E-state index contributed by atoms with van der Waals surface area (Å²) in [5, 5.41) is 8.72. The molecule has 0 saturated heterocycles. The summed E-state index contributed by atoms with van der Waals surface area (Å²) in [6.07, 6.45) is 2.19. The standard InChI is InChI=1S/C22H28N4O3S/c1-13-19(16-9-7-15(8-10-16)18(28)14-5-6-14)30-21(24-13)25-20(29)23-12-11-17(27)26-22(2,3)4/h7-10,14H,5-6,11-12H2,1-4H3,(H,26,27)(H2,23,24,25,29). The van der Waals surface area contributed by atoms with E-state index >= 15 is 0 Å². The van der Waals surface area contributed by atoms with Crippen molar-refractivity contribution < 1.29 is 14.4 Å². The van der Waals surface area contributed by atoms with Gasteiger partial charge in [0.15, 0.2) is 10.9 Å². The number of benzene rings is 1. The van der Waals surface area contributed by atoms with Crippen LogP contribution in [0.15, 0.2) is 24.3 Å². The number of Topliss-reactive ketones (excluding diaryl/α,β-unsaturated/α-hetero) is 1. The first-order valence-corrected chi connectivity index (χ1v) is 10.9. The zero-order valence-electron chi connectivity index (χ0n) is 17.8. The molecule has 30 heavy (non-hydrogen) atoms. The lowest BCUT2D eigenvalue weighted by molar-refractivity contribution is -0.122. The molecular formula is C22H28N4O3S. The van der Waals surface area contributed by atoms with Crippen molar-refractivity contribution in [3.63, 3.8) is 0 Å². The summed E-state index contributed by atoms with van der Waals surface area (Å²) < 4.78 is 0. The highest BCUT2D eigenvalue weighted by Gasteiger charge is 2.30. The van der Waals surface area contributed by atoms with Crippen molar-refractivity contribution in [2.75, 3.05) is 11.9 Å². The molecule has 1 saturated carbocycles. The van der Waals surface area contributed by atoms with Gasteiger partial charge in [0.25, 0.3) is 0 Å². The Hall–Kier alpha value is -2.74. The van der Waals surface area contributed by atoms with Gasteiger partial charge in [0.05, 0.1) is 10.6 Å². The molecule has 1 aromatic carbocycles. The molecule has 0 atom stereocenters. The second-order valence-electron chi connectivity index (χ2n) is 8.58. The van der Waals surface area contributed by atoms with E-state index in [-0.39, 0.29) is 36.1 Å². The van der Waals surface area contributed by atoms with Gasteiger partial charge < -0.3 is 10.6 Å². The summed E-state index contributed by atoms with van der Waals surface area (Å²) in [7, 11) is 0. The molecule has 3 rings (SSSR count). The molecule has 1 aliphatic carbocycles. The molecule has 8 heteroatoms. The maximum Gasteiger partial charge on any atom is 0.321 e. The number of thiazole rings is 1. The monoisotopic (exact) mass is 428 g/mol. The Morgan fingerprint density at radius 1 is 1.13 bits per heavy atom. The Morgan fingerprint density at radius 2 is 1.80 bits per heavy atom.